The molecule has 98 valence electrons. The Morgan fingerprint density at radius 1 is 1.41 bits per heavy atom. The Bertz CT molecular complexity index is 351. The summed E-state index contributed by atoms with van der Waals surface area (Å²) < 4.78 is 1.60. The molecule has 2 N–H and O–H groups in total. The van der Waals surface area contributed by atoms with Crippen LogP contribution in [-0.4, -0.2) is 35.3 Å². The van der Waals surface area contributed by atoms with Gasteiger partial charge in [-0.25, -0.2) is 0 Å². The maximum Gasteiger partial charge on any atom is 0.269 e. The van der Waals surface area contributed by atoms with Gasteiger partial charge in [0.1, 0.15) is 5.69 Å². The van der Waals surface area contributed by atoms with E-state index < -0.39 is 0 Å². The molecule has 6 heteroatoms. The second kappa shape index (κ2) is 8.08. The highest BCUT2D eigenvalue weighted by Gasteiger charge is 2.10. The van der Waals surface area contributed by atoms with Crippen LogP contribution in [0.15, 0.2) is 6.07 Å². The number of halogens is 1. The molecule has 0 atom stereocenters. The minimum absolute atomic E-state index is 0. The predicted molar refractivity (Wildman–Crippen MR) is 70.7 cm³/mol. The molecule has 0 saturated heterocycles. The van der Waals surface area contributed by atoms with Crippen molar-refractivity contribution in [3.8, 4) is 0 Å². The van der Waals surface area contributed by atoms with Crippen LogP contribution >= 0.6 is 12.4 Å². The molecule has 5 nitrogen and oxygen atoms in total. The zero-order valence-corrected chi connectivity index (χ0v) is 11.4. The van der Waals surface area contributed by atoms with E-state index in [9.17, 15) is 4.79 Å². The largest absolute Gasteiger partial charge is 0.349 e. The average Bonchev–Trinajstić information content (AvgIpc) is 2.57. The Morgan fingerprint density at radius 2 is 2.12 bits per heavy atom. The quantitative estimate of drug-likeness (QED) is 0.747. The topological polar surface area (TPSA) is 58.9 Å². The summed E-state index contributed by atoms with van der Waals surface area (Å²) in [5.74, 6) is -0.0681. The monoisotopic (exact) mass is 260 g/mol. The van der Waals surface area contributed by atoms with Crippen molar-refractivity contribution in [1.82, 2.24) is 20.4 Å². The minimum Gasteiger partial charge on any atom is -0.349 e. The Balaban J connectivity index is 0.00000256. The lowest BCUT2D eigenvalue weighted by atomic mass is 10.3. The van der Waals surface area contributed by atoms with Gasteiger partial charge in [-0.05, 0) is 26.0 Å². The zero-order valence-electron chi connectivity index (χ0n) is 10.6. The van der Waals surface area contributed by atoms with E-state index >= 15 is 0 Å². The summed E-state index contributed by atoms with van der Waals surface area (Å²) >= 11 is 0. The lowest BCUT2D eigenvalue weighted by molar-refractivity contribution is 0.0944. The molecule has 0 aliphatic rings. The number of carbonyl (C=O) groups is 1. The van der Waals surface area contributed by atoms with E-state index in [-0.39, 0.29) is 18.3 Å². The Labute approximate surface area is 108 Å². The van der Waals surface area contributed by atoms with Crippen molar-refractivity contribution in [2.45, 2.75) is 20.3 Å². The molecule has 1 rings (SSSR count). The van der Waals surface area contributed by atoms with Gasteiger partial charge in [-0.1, -0.05) is 6.92 Å². The first-order chi connectivity index (χ1) is 7.65. The fourth-order valence-corrected chi connectivity index (χ4v) is 1.48. The third kappa shape index (κ3) is 5.19. The number of rotatable bonds is 6. The van der Waals surface area contributed by atoms with E-state index in [4.69, 9.17) is 0 Å². The highest BCUT2D eigenvalue weighted by molar-refractivity contribution is 5.92. The molecule has 1 heterocycles. The molecule has 0 aromatic carbocycles. The molecule has 0 aliphatic carbocycles. The molecule has 0 unspecified atom stereocenters. The maximum atomic E-state index is 11.7. The van der Waals surface area contributed by atoms with E-state index in [1.807, 2.05) is 6.92 Å². The van der Waals surface area contributed by atoms with Gasteiger partial charge in [-0.3, -0.25) is 9.48 Å². The van der Waals surface area contributed by atoms with Crippen LogP contribution < -0.4 is 10.6 Å². The lowest BCUT2D eigenvalue weighted by Crippen LogP contribution is -2.33. The first-order valence-electron chi connectivity index (χ1n) is 5.64. The standard InChI is InChI=1S/C11H20N4O.ClH/c1-4-5-12-6-7-13-11(16)10-8-9(2)14-15(10)3;/h8,12H,4-7H2,1-3H3,(H,13,16);1H. The number of aryl methyl sites for hydroxylation is 2. The minimum atomic E-state index is -0.0681. The van der Waals surface area contributed by atoms with Crippen molar-refractivity contribution in [2.24, 2.45) is 7.05 Å². The van der Waals surface area contributed by atoms with Crippen molar-refractivity contribution < 1.29 is 4.79 Å². The number of hydrogen-bond donors (Lipinski definition) is 2. The molecule has 17 heavy (non-hydrogen) atoms. The molecule has 0 fully saturated rings. The summed E-state index contributed by atoms with van der Waals surface area (Å²) in [5.41, 5.74) is 1.46. The van der Waals surface area contributed by atoms with Gasteiger partial charge in [0.05, 0.1) is 5.69 Å². The van der Waals surface area contributed by atoms with Crippen molar-refractivity contribution in [3.05, 3.63) is 17.5 Å². The second-order valence-corrected chi connectivity index (χ2v) is 3.80. The summed E-state index contributed by atoms with van der Waals surface area (Å²) in [4.78, 5) is 11.7. The van der Waals surface area contributed by atoms with Crippen molar-refractivity contribution in [3.63, 3.8) is 0 Å². The number of nitrogens with zero attached hydrogens (tertiary/aromatic N) is 2. The molecule has 1 amide bonds. The van der Waals surface area contributed by atoms with Crippen molar-refractivity contribution in [2.75, 3.05) is 19.6 Å². The van der Waals surface area contributed by atoms with E-state index in [1.165, 1.54) is 0 Å². The van der Waals surface area contributed by atoms with Crippen molar-refractivity contribution >= 4 is 18.3 Å². The van der Waals surface area contributed by atoms with Gasteiger partial charge in [0.25, 0.3) is 5.91 Å². The normalized spacial score (nSPS) is 9.82. The number of amides is 1. The van der Waals surface area contributed by atoms with E-state index in [0.29, 0.717) is 12.2 Å². The Morgan fingerprint density at radius 3 is 2.65 bits per heavy atom. The van der Waals surface area contributed by atoms with Crippen LogP contribution in [0.3, 0.4) is 0 Å². The number of aromatic nitrogens is 2. The van der Waals surface area contributed by atoms with E-state index in [2.05, 4.69) is 22.7 Å². The van der Waals surface area contributed by atoms with Crippen LogP contribution in [0, 0.1) is 6.92 Å². The van der Waals surface area contributed by atoms with Crippen LogP contribution in [-0.2, 0) is 7.05 Å². The highest BCUT2D eigenvalue weighted by Crippen LogP contribution is 2.00. The molecular formula is C11H21ClN4O. The number of carbonyl (C=O) groups excluding carboxylic acids is 1. The van der Waals surface area contributed by atoms with E-state index in [0.717, 1.165) is 25.2 Å². The number of hydrogen-bond acceptors (Lipinski definition) is 3. The van der Waals surface area contributed by atoms with Gasteiger partial charge >= 0.3 is 0 Å². The fraction of sp³-hybridized carbons (Fsp3) is 0.636. The molecule has 1 aromatic rings. The SMILES string of the molecule is CCCNCCNC(=O)c1cc(C)nn1C.Cl. The third-order valence-electron chi connectivity index (χ3n) is 2.25. The van der Waals surface area contributed by atoms with Gasteiger partial charge in [-0.2, -0.15) is 5.10 Å². The van der Waals surface area contributed by atoms with E-state index in [1.54, 1.807) is 17.8 Å². The van der Waals surface area contributed by atoms with Crippen LogP contribution in [0.2, 0.25) is 0 Å². The smallest absolute Gasteiger partial charge is 0.269 e. The molecule has 1 aromatic heterocycles. The van der Waals surface area contributed by atoms with Crippen LogP contribution in [0.5, 0.6) is 0 Å². The second-order valence-electron chi connectivity index (χ2n) is 3.80. The zero-order chi connectivity index (χ0) is 12.0. The summed E-state index contributed by atoms with van der Waals surface area (Å²) in [7, 11) is 1.78. The summed E-state index contributed by atoms with van der Waals surface area (Å²) in [5, 5.41) is 10.2. The van der Waals surface area contributed by atoms with Crippen LogP contribution in [0.1, 0.15) is 29.5 Å². The molecule has 0 bridgehead atoms. The van der Waals surface area contributed by atoms with Gasteiger partial charge in [0, 0.05) is 20.1 Å². The Hall–Kier alpha value is -1.07. The summed E-state index contributed by atoms with van der Waals surface area (Å²) in [6, 6.07) is 1.79. The molecule has 0 aliphatic heterocycles. The van der Waals surface area contributed by atoms with Crippen molar-refractivity contribution in [1.29, 1.82) is 0 Å². The molecule has 0 radical (unpaired) electrons. The highest BCUT2D eigenvalue weighted by atomic mass is 35.5. The predicted octanol–water partition coefficient (Wildman–Crippen LogP) is 0.880. The number of nitrogens with one attached hydrogen (secondary N) is 2. The lowest BCUT2D eigenvalue weighted by Gasteiger charge is -2.05. The third-order valence-corrected chi connectivity index (χ3v) is 2.25. The average molecular weight is 261 g/mol. The summed E-state index contributed by atoms with van der Waals surface area (Å²) in [6.45, 7) is 6.42. The van der Waals surface area contributed by atoms with Gasteiger partial charge < -0.3 is 10.6 Å². The first-order valence-corrected chi connectivity index (χ1v) is 5.64. The van der Waals surface area contributed by atoms with Gasteiger partial charge in [0.2, 0.25) is 0 Å². The van der Waals surface area contributed by atoms with Gasteiger partial charge in [-0.15, -0.1) is 12.4 Å². The first kappa shape index (κ1) is 15.9. The van der Waals surface area contributed by atoms with Crippen LogP contribution in [0.25, 0.3) is 0 Å². The van der Waals surface area contributed by atoms with Crippen LogP contribution in [0.4, 0.5) is 0 Å². The molecular weight excluding hydrogens is 240 g/mol. The summed E-state index contributed by atoms with van der Waals surface area (Å²) in [6.07, 6.45) is 1.11. The fourth-order valence-electron chi connectivity index (χ4n) is 1.48. The molecule has 0 saturated carbocycles. The Kier molecular flexibility index (Phi) is 7.58. The molecule has 0 spiro atoms. The van der Waals surface area contributed by atoms with Gasteiger partial charge in [0.15, 0.2) is 0 Å². The maximum absolute atomic E-state index is 11.7.